The van der Waals surface area contributed by atoms with Gasteiger partial charge in [0.1, 0.15) is 4.83 Å². The number of H-pyrrole nitrogens is 1. The minimum atomic E-state index is -0.283. The van der Waals surface area contributed by atoms with Crippen LogP contribution in [-0.4, -0.2) is 25.7 Å². The van der Waals surface area contributed by atoms with E-state index in [1.54, 1.807) is 24.3 Å². The maximum atomic E-state index is 13.2. The van der Waals surface area contributed by atoms with Crippen molar-refractivity contribution in [2.75, 3.05) is 5.32 Å². The van der Waals surface area contributed by atoms with E-state index >= 15 is 0 Å². The predicted molar refractivity (Wildman–Crippen MR) is 138 cm³/mol. The topological polar surface area (TPSA) is 110 Å². The average Bonchev–Trinajstić information content (AvgIpc) is 3.30. The Kier molecular flexibility index (Phi) is 6.07. The summed E-state index contributed by atoms with van der Waals surface area (Å²) < 4.78 is 1.48. The van der Waals surface area contributed by atoms with Crippen LogP contribution in [0.1, 0.15) is 12.0 Å². The lowest BCUT2D eigenvalue weighted by molar-refractivity contribution is -0.116. The minimum absolute atomic E-state index is 0.109. The zero-order chi connectivity index (χ0) is 24.4. The van der Waals surface area contributed by atoms with Crippen molar-refractivity contribution >= 4 is 33.1 Å². The molecule has 0 bridgehead atoms. The zero-order valence-electron chi connectivity index (χ0n) is 18.8. The van der Waals surface area contributed by atoms with E-state index in [2.05, 4.69) is 20.5 Å². The van der Waals surface area contributed by atoms with Gasteiger partial charge in [0, 0.05) is 41.2 Å². The van der Waals surface area contributed by atoms with Crippen molar-refractivity contribution in [2.45, 2.75) is 19.9 Å². The van der Waals surface area contributed by atoms with E-state index in [1.807, 2.05) is 42.6 Å². The van der Waals surface area contributed by atoms with Crippen LogP contribution < -0.4 is 16.4 Å². The largest absolute Gasteiger partial charge is 0.326 e. The third-order valence-corrected chi connectivity index (χ3v) is 6.51. The number of aryl methyl sites for hydroxylation is 2. The molecule has 3 heterocycles. The molecule has 0 spiro atoms. The van der Waals surface area contributed by atoms with Crippen LogP contribution in [0.5, 0.6) is 0 Å². The number of nitrogens with zero attached hydrogens (tertiary/aromatic N) is 3. The van der Waals surface area contributed by atoms with Crippen molar-refractivity contribution in [1.29, 1.82) is 0 Å². The zero-order valence-corrected chi connectivity index (χ0v) is 19.6. The van der Waals surface area contributed by atoms with E-state index in [9.17, 15) is 14.4 Å². The molecule has 0 atom stereocenters. The fourth-order valence-electron chi connectivity index (χ4n) is 3.78. The summed E-state index contributed by atoms with van der Waals surface area (Å²) >= 11 is 1.43. The highest BCUT2D eigenvalue weighted by Crippen LogP contribution is 2.30. The summed E-state index contributed by atoms with van der Waals surface area (Å²) in [6.45, 7) is 2.23. The molecule has 0 saturated carbocycles. The first-order valence-corrected chi connectivity index (χ1v) is 11.9. The van der Waals surface area contributed by atoms with Gasteiger partial charge in [-0.25, -0.2) is 10.1 Å². The third kappa shape index (κ3) is 4.80. The number of amides is 1. The molecule has 0 unspecified atom stereocenters. The smallest absolute Gasteiger partial charge is 0.264 e. The van der Waals surface area contributed by atoms with Gasteiger partial charge in [0.05, 0.1) is 17.4 Å². The summed E-state index contributed by atoms with van der Waals surface area (Å²) in [6, 6.07) is 18.2. The highest BCUT2D eigenvalue weighted by atomic mass is 32.1. The quantitative estimate of drug-likeness (QED) is 0.376. The minimum Gasteiger partial charge on any atom is -0.326 e. The number of hydrogen-bond donors (Lipinski definition) is 2. The van der Waals surface area contributed by atoms with E-state index in [0.29, 0.717) is 21.6 Å². The van der Waals surface area contributed by atoms with Crippen molar-refractivity contribution < 1.29 is 4.79 Å². The van der Waals surface area contributed by atoms with Gasteiger partial charge in [-0.3, -0.25) is 19.0 Å². The average molecular weight is 484 g/mol. The van der Waals surface area contributed by atoms with Crippen molar-refractivity contribution in [2.24, 2.45) is 0 Å². The van der Waals surface area contributed by atoms with Gasteiger partial charge >= 0.3 is 0 Å². The van der Waals surface area contributed by atoms with Crippen LogP contribution in [0.3, 0.4) is 0 Å². The Balaban J connectivity index is 1.32. The van der Waals surface area contributed by atoms with Crippen LogP contribution in [0.4, 0.5) is 5.69 Å². The molecule has 0 fully saturated rings. The number of aromatic nitrogens is 4. The number of anilines is 1. The van der Waals surface area contributed by atoms with E-state index in [0.717, 1.165) is 22.3 Å². The summed E-state index contributed by atoms with van der Waals surface area (Å²) in [7, 11) is 0. The van der Waals surface area contributed by atoms with E-state index < -0.39 is 0 Å². The molecule has 3 aromatic heterocycles. The Morgan fingerprint density at radius 2 is 1.89 bits per heavy atom. The first-order valence-electron chi connectivity index (χ1n) is 11.0. The lowest BCUT2D eigenvalue weighted by Crippen LogP contribution is -2.23. The second-order valence-electron chi connectivity index (χ2n) is 8.12. The number of nitrogens with one attached hydrogen (secondary N) is 2. The summed E-state index contributed by atoms with van der Waals surface area (Å²) in [4.78, 5) is 42.2. The van der Waals surface area contributed by atoms with Gasteiger partial charge in [-0.15, -0.1) is 11.3 Å². The molecule has 35 heavy (non-hydrogen) atoms. The Bertz CT molecular complexity index is 1630. The monoisotopic (exact) mass is 483 g/mol. The molecular weight excluding hydrogens is 462 g/mol. The lowest BCUT2D eigenvalue weighted by Gasteiger charge is -2.09. The molecule has 9 heteroatoms. The number of thiophene rings is 1. The highest BCUT2D eigenvalue weighted by molar-refractivity contribution is 7.17. The number of carbonyl (C=O) groups excluding carboxylic acids is 1. The Morgan fingerprint density at radius 1 is 1.06 bits per heavy atom. The molecule has 2 aromatic carbocycles. The van der Waals surface area contributed by atoms with Gasteiger partial charge in [0.15, 0.2) is 0 Å². The van der Waals surface area contributed by atoms with Crippen LogP contribution in [-0.2, 0) is 11.3 Å². The van der Waals surface area contributed by atoms with Crippen LogP contribution in [0.25, 0.3) is 32.6 Å². The van der Waals surface area contributed by atoms with Gasteiger partial charge in [-0.2, -0.15) is 5.10 Å². The highest BCUT2D eigenvalue weighted by Gasteiger charge is 2.14. The first-order chi connectivity index (χ1) is 17.0. The number of carbonyl (C=O) groups is 1. The summed E-state index contributed by atoms with van der Waals surface area (Å²) in [5.74, 6) is -0.229. The van der Waals surface area contributed by atoms with Gasteiger partial charge in [0.25, 0.3) is 11.1 Å². The van der Waals surface area contributed by atoms with Gasteiger partial charge < -0.3 is 5.32 Å². The first kappa shape index (κ1) is 22.4. The van der Waals surface area contributed by atoms with Crippen LogP contribution >= 0.6 is 11.3 Å². The lowest BCUT2D eigenvalue weighted by atomic mass is 10.1. The van der Waals surface area contributed by atoms with Crippen LogP contribution in [0.2, 0.25) is 0 Å². The Hall–Kier alpha value is -4.37. The molecule has 0 radical (unpaired) electrons. The van der Waals surface area contributed by atoms with Crippen molar-refractivity contribution in [3.63, 3.8) is 0 Å². The van der Waals surface area contributed by atoms with E-state index in [4.69, 9.17) is 0 Å². The molecule has 5 rings (SSSR count). The number of aromatic amines is 1. The fourth-order valence-corrected chi connectivity index (χ4v) is 4.69. The number of hydrogen-bond acceptors (Lipinski definition) is 6. The van der Waals surface area contributed by atoms with Crippen molar-refractivity contribution in [1.82, 2.24) is 19.7 Å². The normalized spacial score (nSPS) is 11.0. The molecule has 0 aliphatic rings. The molecule has 0 saturated heterocycles. The molecule has 5 aromatic rings. The van der Waals surface area contributed by atoms with E-state index in [1.165, 1.54) is 28.3 Å². The summed E-state index contributed by atoms with van der Waals surface area (Å²) in [6.07, 6.45) is 1.61. The molecule has 0 aliphatic carbocycles. The third-order valence-electron chi connectivity index (χ3n) is 5.62. The van der Waals surface area contributed by atoms with Gasteiger partial charge in [0.2, 0.25) is 5.91 Å². The van der Waals surface area contributed by atoms with Gasteiger partial charge in [-0.1, -0.05) is 42.0 Å². The van der Waals surface area contributed by atoms with Crippen molar-refractivity contribution in [3.8, 4) is 22.4 Å². The van der Waals surface area contributed by atoms with Crippen LogP contribution in [0, 0.1) is 6.92 Å². The van der Waals surface area contributed by atoms with Crippen LogP contribution in [0.15, 0.2) is 82.0 Å². The number of benzene rings is 2. The maximum Gasteiger partial charge on any atom is 0.264 e. The van der Waals surface area contributed by atoms with Gasteiger partial charge in [-0.05, 0) is 30.7 Å². The second-order valence-corrected chi connectivity index (χ2v) is 8.98. The molecular formula is C26H21N5O3S. The Labute approximate surface area is 203 Å². The Morgan fingerprint density at radius 3 is 2.66 bits per heavy atom. The summed E-state index contributed by atoms with van der Waals surface area (Å²) in [5.41, 5.74) is 4.47. The second kappa shape index (κ2) is 9.47. The number of rotatable bonds is 6. The molecule has 174 valence electrons. The molecule has 8 nitrogen and oxygen atoms in total. The molecule has 0 aliphatic heterocycles. The maximum absolute atomic E-state index is 13.2. The summed E-state index contributed by atoms with van der Waals surface area (Å²) in [5, 5.41) is 11.8. The molecule has 1 amide bonds. The standard InChI is InChI=1S/C26H21N5O3S/c1-16-5-7-17(8-6-16)20-14-35-25-24(20)26(34)31(15-27-25)12-11-22(32)28-19-4-2-3-18(13-19)21-9-10-23(33)30-29-21/h2-10,13-15H,11-12H2,1H3,(H,28,32)(H,30,33). The SMILES string of the molecule is Cc1ccc(-c2csc3ncn(CCC(=O)Nc4cccc(-c5ccc(=O)[nH]n5)c4)c(=O)c23)cc1. The van der Waals surface area contributed by atoms with E-state index in [-0.39, 0.29) is 30.0 Å². The van der Waals surface area contributed by atoms with Crippen molar-refractivity contribution in [3.05, 3.63) is 98.6 Å². The number of fused-ring (bicyclic) bond motifs is 1. The molecule has 2 N–H and O–H groups in total. The fraction of sp³-hybridized carbons (Fsp3) is 0.115. The predicted octanol–water partition coefficient (Wildman–Crippen LogP) is 4.21.